The van der Waals surface area contributed by atoms with Gasteiger partial charge in [-0.2, -0.15) is 13.2 Å². The van der Waals surface area contributed by atoms with Crippen molar-refractivity contribution in [2.45, 2.75) is 6.18 Å². The molecule has 86 valence electrons. The van der Waals surface area contributed by atoms with E-state index in [2.05, 4.69) is 15.9 Å². The summed E-state index contributed by atoms with van der Waals surface area (Å²) in [7, 11) is 1.43. The zero-order chi connectivity index (χ0) is 11.9. The molecule has 0 fully saturated rings. The number of rotatable bonds is 1. The van der Waals surface area contributed by atoms with Crippen LogP contribution in [0.2, 0.25) is 0 Å². The number of fused-ring (bicyclic) bond motifs is 1. The van der Waals surface area contributed by atoms with Gasteiger partial charge in [-0.05, 0) is 22.0 Å². The number of furan rings is 1. The van der Waals surface area contributed by atoms with E-state index in [0.29, 0.717) is 16.5 Å². The second kappa shape index (κ2) is 3.69. The molecule has 0 saturated carbocycles. The number of halogens is 4. The van der Waals surface area contributed by atoms with Crippen LogP contribution in [0.5, 0.6) is 5.75 Å². The largest absolute Gasteiger partial charge is 0.497 e. The van der Waals surface area contributed by atoms with Gasteiger partial charge >= 0.3 is 6.18 Å². The fraction of sp³-hybridized carbons (Fsp3) is 0.200. The van der Waals surface area contributed by atoms with Crippen LogP contribution in [0.25, 0.3) is 11.0 Å². The Kier molecular flexibility index (Phi) is 2.61. The Morgan fingerprint density at radius 3 is 2.56 bits per heavy atom. The SMILES string of the molecule is COc1cc(Br)c2c(C(F)(F)F)coc2c1. The molecule has 2 rings (SSSR count). The summed E-state index contributed by atoms with van der Waals surface area (Å²) in [4.78, 5) is 0. The first kappa shape index (κ1) is 11.3. The first-order valence-corrected chi connectivity index (χ1v) is 5.04. The van der Waals surface area contributed by atoms with Crippen LogP contribution in [0.3, 0.4) is 0 Å². The molecule has 0 bridgehead atoms. The summed E-state index contributed by atoms with van der Waals surface area (Å²) in [6.07, 6.45) is -3.72. The maximum absolute atomic E-state index is 12.6. The maximum atomic E-state index is 12.6. The number of hydrogen-bond acceptors (Lipinski definition) is 2. The Balaban J connectivity index is 2.74. The molecule has 1 aromatic carbocycles. The molecule has 0 atom stereocenters. The van der Waals surface area contributed by atoms with Gasteiger partial charge in [0, 0.05) is 15.9 Å². The van der Waals surface area contributed by atoms with Gasteiger partial charge in [0.05, 0.1) is 7.11 Å². The first-order chi connectivity index (χ1) is 7.43. The minimum Gasteiger partial charge on any atom is -0.497 e. The maximum Gasteiger partial charge on any atom is 0.420 e. The Morgan fingerprint density at radius 1 is 1.31 bits per heavy atom. The molecular weight excluding hydrogens is 289 g/mol. The van der Waals surface area contributed by atoms with E-state index in [9.17, 15) is 13.2 Å². The van der Waals surface area contributed by atoms with Crippen molar-refractivity contribution in [3.8, 4) is 5.75 Å². The van der Waals surface area contributed by atoms with Crippen molar-refractivity contribution in [1.82, 2.24) is 0 Å². The molecular formula is C10H6BrF3O2. The predicted octanol–water partition coefficient (Wildman–Crippen LogP) is 4.22. The fourth-order valence-electron chi connectivity index (χ4n) is 1.42. The predicted molar refractivity (Wildman–Crippen MR) is 55.5 cm³/mol. The van der Waals surface area contributed by atoms with E-state index in [0.717, 1.165) is 0 Å². The van der Waals surface area contributed by atoms with Crippen LogP contribution >= 0.6 is 15.9 Å². The summed E-state index contributed by atoms with van der Waals surface area (Å²) in [5.41, 5.74) is -0.657. The van der Waals surface area contributed by atoms with E-state index in [1.807, 2.05) is 0 Å². The monoisotopic (exact) mass is 294 g/mol. The lowest BCUT2D eigenvalue weighted by atomic mass is 10.1. The van der Waals surface area contributed by atoms with E-state index in [1.165, 1.54) is 19.2 Å². The Labute approximate surface area is 97.1 Å². The average molecular weight is 295 g/mol. The van der Waals surface area contributed by atoms with Crippen LogP contribution in [0.1, 0.15) is 5.56 Å². The molecule has 1 heterocycles. The van der Waals surface area contributed by atoms with Gasteiger partial charge in [0.15, 0.2) is 0 Å². The summed E-state index contributed by atoms with van der Waals surface area (Å²) in [6.45, 7) is 0. The van der Waals surface area contributed by atoms with Crippen LogP contribution in [-0.2, 0) is 6.18 Å². The molecule has 0 aliphatic carbocycles. The van der Waals surface area contributed by atoms with Crippen molar-refractivity contribution in [3.05, 3.63) is 28.4 Å². The zero-order valence-electron chi connectivity index (χ0n) is 8.06. The molecule has 2 nitrogen and oxygen atoms in total. The first-order valence-electron chi connectivity index (χ1n) is 4.25. The molecule has 0 aliphatic heterocycles. The Morgan fingerprint density at radius 2 is 2.00 bits per heavy atom. The third-order valence-corrected chi connectivity index (χ3v) is 2.77. The van der Waals surface area contributed by atoms with E-state index < -0.39 is 11.7 Å². The smallest absolute Gasteiger partial charge is 0.420 e. The minimum atomic E-state index is -4.43. The third-order valence-electron chi connectivity index (χ3n) is 2.14. The van der Waals surface area contributed by atoms with E-state index in [4.69, 9.17) is 9.15 Å². The highest BCUT2D eigenvalue weighted by molar-refractivity contribution is 9.10. The second-order valence-corrected chi connectivity index (χ2v) is 3.98. The molecule has 0 amide bonds. The molecule has 0 N–H and O–H groups in total. The van der Waals surface area contributed by atoms with Crippen molar-refractivity contribution in [3.63, 3.8) is 0 Å². The summed E-state index contributed by atoms with van der Waals surface area (Å²) in [6, 6.07) is 2.88. The van der Waals surface area contributed by atoms with Crippen molar-refractivity contribution in [1.29, 1.82) is 0 Å². The van der Waals surface area contributed by atoms with Crippen molar-refractivity contribution in [2.24, 2.45) is 0 Å². The van der Waals surface area contributed by atoms with Gasteiger partial charge in [0.2, 0.25) is 0 Å². The highest BCUT2D eigenvalue weighted by atomic mass is 79.9. The summed E-state index contributed by atoms with van der Waals surface area (Å²) in [5, 5.41) is 0.00769. The highest BCUT2D eigenvalue weighted by Crippen LogP contribution is 2.40. The van der Waals surface area contributed by atoms with Crippen LogP contribution in [-0.4, -0.2) is 7.11 Å². The van der Waals surface area contributed by atoms with Gasteiger partial charge in [-0.15, -0.1) is 0 Å². The van der Waals surface area contributed by atoms with Crippen LogP contribution in [0, 0.1) is 0 Å². The molecule has 2 aromatic rings. The van der Waals surface area contributed by atoms with Gasteiger partial charge in [-0.25, -0.2) is 0 Å². The number of alkyl halides is 3. The van der Waals surface area contributed by atoms with E-state index >= 15 is 0 Å². The standard InChI is InChI=1S/C10H6BrF3O2/c1-15-5-2-7(11)9-6(10(12,13)14)4-16-8(9)3-5/h2-4H,1H3. The Hall–Kier alpha value is -1.17. The Bertz CT molecular complexity index is 531. The molecule has 6 heteroatoms. The van der Waals surface area contributed by atoms with Crippen LogP contribution < -0.4 is 4.74 Å². The third kappa shape index (κ3) is 1.77. The number of benzene rings is 1. The minimum absolute atomic E-state index is 0.00769. The highest BCUT2D eigenvalue weighted by Gasteiger charge is 2.35. The van der Waals surface area contributed by atoms with Crippen molar-refractivity contribution >= 4 is 26.9 Å². The number of ether oxygens (including phenoxy) is 1. The van der Waals surface area contributed by atoms with Crippen LogP contribution in [0.4, 0.5) is 13.2 Å². The molecule has 16 heavy (non-hydrogen) atoms. The summed E-state index contributed by atoms with van der Waals surface area (Å²) < 4.78 is 47.9. The van der Waals surface area contributed by atoms with Crippen molar-refractivity contribution < 1.29 is 22.3 Å². The average Bonchev–Trinajstić information content (AvgIpc) is 2.60. The van der Waals surface area contributed by atoms with Gasteiger partial charge < -0.3 is 9.15 Å². The summed E-state index contributed by atoms with van der Waals surface area (Å²) >= 11 is 3.07. The zero-order valence-corrected chi connectivity index (χ0v) is 9.65. The van der Waals surface area contributed by atoms with E-state index in [-0.39, 0.29) is 11.0 Å². The van der Waals surface area contributed by atoms with Gasteiger partial charge in [-0.1, -0.05) is 0 Å². The fourth-order valence-corrected chi connectivity index (χ4v) is 2.05. The second-order valence-electron chi connectivity index (χ2n) is 3.13. The normalized spacial score (nSPS) is 12.1. The topological polar surface area (TPSA) is 22.4 Å². The van der Waals surface area contributed by atoms with E-state index in [1.54, 1.807) is 0 Å². The van der Waals surface area contributed by atoms with Crippen LogP contribution in [0.15, 0.2) is 27.3 Å². The molecule has 0 aliphatic rings. The number of methoxy groups -OCH3 is 1. The quantitative estimate of drug-likeness (QED) is 0.786. The summed E-state index contributed by atoms with van der Waals surface area (Å²) in [5.74, 6) is 0.433. The molecule has 0 radical (unpaired) electrons. The van der Waals surface area contributed by atoms with Gasteiger partial charge in [0.25, 0.3) is 0 Å². The molecule has 0 unspecified atom stereocenters. The lowest BCUT2D eigenvalue weighted by Crippen LogP contribution is -2.03. The van der Waals surface area contributed by atoms with Gasteiger partial charge in [-0.3, -0.25) is 0 Å². The molecule has 0 saturated heterocycles. The lowest BCUT2D eigenvalue weighted by molar-refractivity contribution is -0.136. The lowest BCUT2D eigenvalue weighted by Gasteiger charge is -2.05. The van der Waals surface area contributed by atoms with Gasteiger partial charge in [0.1, 0.15) is 23.2 Å². The molecule has 1 aromatic heterocycles. The number of hydrogen-bond donors (Lipinski definition) is 0. The van der Waals surface area contributed by atoms with Crippen molar-refractivity contribution in [2.75, 3.05) is 7.11 Å². The molecule has 0 spiro atoms.